The van der Waals surface area contributed by atoms with E-state index in [1.165, 1.54) is 15.9 Å². The molecule has 10 heteroatoms. The first-order valence-electron chi connectivity index (χ1n) is 9.72. The molecule has 0 bridgehead atoms. The van der Waals surface area contributed by atoms with Crippen LogP contribution in [-0.4, -0.2) is 32.4 Å². The van der Waals surface area contributed by atoms with Gasteiger partial charge in [-0.05, 0) is 42.9 Å². The summed E-state index contributed by atoms with van der Waals surface area (Å²) >= 11 is 14.1. The van der Waals surface area contributed by atoms with E-state index < -0.39 is 0 Å². The maximum Gasteiger partial charge on any atom is 0.316 e. The molecule has 0 spiro atoms. The highest BCUT2D eigenvalue weighted by Gasteiger charge is 2.19. The number of aromatic nitrogens is 3. The van der Waals surface area contributed by atoms with E-state index in [-0.39, 0.29) is 23.9 Å². The van der Waals surface area contributed by atoms with Gasteiger partial charge in [-0.1, -0.05) is 71.1 Å². The van der Waals surface area contributed by atoms with E-state index >= 15 is 0 Å². The van der Waals surface area contributed by atoms with Crippen LogP contribution >= 0.6 is 46.9 Å². The number of fused-ring (bicyclic) bond motifs is 1. The van der Waals surface area contributed by atoms with E-state index in [0.29, 0.717) is 36.7 Å². The number of esters is 1. The van der Waals surface area contributed by atoms with E-state index in [9.17, 15) is 9.59 Å². The average molecular weight is 504 g/mol. The van der Waals surface area contributed by atoms with Crippen LogP contribution in [0.15, 0.2) is 64.5 Å². The lowest BCUT2D eigenvalue weighted by Crippen LogP contribution is -2.22. The number of thioether (sulfide) groups is 1. The van der Waals surface area contributed by atoms with Gasteiger partial charge in [0.15, 0.2) is 14.8 Å². The van der Waals surface area contributed by atoms with Crippen LogP contribution in [0, 0.1) is 3.95 Å². The van der Waals surface area contributed by atoms with Crippen LogP contribution in [-0.2, 0) is 16.1 Å². The van der Waals surface area contributed by atoms with Gasteiger partial charge in [0.25, 0.3) is 5.56 Å². The topological polar surface area (TPSA) is 66.1 Å². The third-order valence-corrected chi connectivity index (χ3v) is 7.11. The van der Waals surface area contributed by atoms with Gasteiger partial charge >= 0.3 is 5.97 Å². The Kier molecular flexibility index (Phi) is 7.10. The minimum atomic E-state index is -0.379. The van der Waals surface area contributed by atoms with Crippen molar-refractivity contribution in [3.8, 4) is 5.69 Å². The zero-order chi connectivity index (χ0) is 22.7. The highest BCUT2D eigenvalue weighted by Crippen LogP contribution is 2.26. The summed E-state index contributed by atoms with van der Waals surface area (Å²) in [7, 11) is 0. The highest BCUT2D eigenvalue weighted by molar-refractivity contribution is 7.99. The Labute approximate surface area is 202 Å². The minimum absolute atomic E-state index is 0.0237. The fraction of sp³-hybridized carbons (Fsp3) is 0.182. The number of carbonyl (C=O) groups is 1. The Morgan fingerprint density at radius 2 is 2.00 bits per heavy atom. The summed E-state index contributed by atoms with van der Waals surface area (Å²) in [6, 6.07) is 16.8. The second-order valence-corrected chi connectivity index (χ2v) is 9.72. The Bertz CT molecular complexity index is 1400. The van der Waals surface area contributed by atoms with Crippen molar-refractivity contribution in [3.05, 3.63) is 79.5 Å². The molecule has 6 nitrogen and oxygen atoms in total. The fourth-order valence-electron chi connectivity index (χ4n) is 3.15. The van der Waals surface area contributed by atoms with Crippen LogP contribution in [0.1, 0.15) is 12.5 Å². The summed E-state index contributed by atoms with van der Waals surface area (Å²) < 4.78 is 9.36. The lowest BCUT2D eigenvalue weighted by Gasteiger charge is -2.13. The van der Waals surface area contributed by atoms with Gasteiger partial charge in [0, 0.05) is 5.02 Å². The van der Waals surface area contributed by atoms with Crippen molar-refractivity contribution in [3.63, 3.8) is 0 Å². The van der Waals surface area contributed by atoms with Gasteiger partial charge in [-0.25, -0.2) is 4.98 Å². The third kappa shape index (κ3) is 4.80. The number of benzene rings is 2. The first-order chi connectivity index (χ1) is 15.5. The molecule has 0 unspecified atom stereocenters. The van der Waals surface area contributed by atoms with E-state index in [1.54, 1.807) is 31.2 Å². The van der Waals surface area contributed by atoms with Gasteiger partial charge in [0.2, 0.25) is 0 Å². The van der Waals surface area contributed by atoms with Crippen LogP contribution in [0.25, 0.3) is 16.0 Å². The number of hydrogen-bond donors (Lipinski definition) is 0. The van der Waals surface area contributed by atoms with Crippen molar-refractivity contribution in [1.82, 2.24) is 14.1 Å². The molecule has 32 heavy (non-hydrogen) atoms. The van der Waals surface area contributed by atoms with Crippen LogP contribution < -0.4 is 5.56 Å². The Morgan fingerprint density at radius 1 is 1.22 bits per heavy atom. The number of nitrogens with zero attached hydrogens (tertiary/aromatic N) is 3. The van der Waals surface area contributed by atoms with E-state index in [2.05, 4.69) is 0 Å². The van der Waals surface area contributed by atoms with Gasteiger partial charge in [-0.3, -0.25) is 14.2 Å². The molecule has 0 saturated carbocycles. The summed E-state index contributed by atoms with van der Waals surface area (Å²) in [5, 5.41) is 0.859. The minimum Gasteiger partial charge on any atom is -0.465 e. The quantitative estimate of drug-likeness (QED) is 0.147. The Hall–Kier alpha value is -2.46. The summed E-state index contributed by atoms with van der Waals surface area (Å²) in [6.07, 6.45) is 0. The molecule has 0 amide bonds. The molecule has 4 rings (SSSR count). The smallest absolute Gasteiger partial charge is 0.316 e. The molecule has 4 aromatic rings. The van der Waals surface area contributed by atoms with Crippen LogP contribution in [0.4, 0.5) is 0 Å². The number of carbonyl (C=O) groups excluding carboxylic acids is 1. The van der Waals surface area contributed by atoms with Gasteiger partial charge in [-0.2, -0.15) is 0 Å². The molecule has 2 aromatic heterocycles. The summed E-state index contributed by atoms with van der Waals surface area (Å²) in [6.45, 7) is 2.53. The van der Waals surface area contributed by atoms with Gasteiger partial charge in [-0.15, -0.1) is 0 Å². The molecule has 0 atom stereocenters. The normalized spacial score (nSPS) is 11.1. The van der Waals surface area contributed by atoms with Crippen molar-refractivity contribution in [1.29, 1.82) is 0 Å². The molecular formula is C22H18ClN3O3S3. The molecule has 0 N–H and O–H groups in total. The predicted octanol–water partition coefficient (Wildman–Crippen LogP) is 5.34. The number of rotatable bonds is 7. The molecule has 2 heterocycles. The molecule has 0 fully saturated rings. The van der Waals surface area contributed by atoms with Crippen molar-refractivity contribution in [2.24, 2.45) is 0 Å². The maximum atomic E-state index is 13.6. The Balaban J connectivity index is 1.88. The maximum absolute atomic E-state index is 13.6. The lowest BCUT2D eigenvalue weighted by atomic mass is 10.2. The SMILES string of the molecule is CCOC(=O)CSc1nc2c(sc(=S)n2Cc2ccccc2)c(=O)n1-c1cccc(Cl)c1. The number of hydrogen-bond acceptors (Lipinski definition) is 7. The first kappa shape index (κ1) is 22.7. The average Bonchev–Trinajstić information content (AvgIpc) is 3.09. The molecule has 164 valence electrons. The van der Waals surface area contributed by atoms with E-state index in [4.69, 9.17) is 33.5 Å². The Morgan fingerprint density at radius 3 is 2.72 bits per heavy atom. The third-order valence-electron chi connectivity index (χ3n) is 4.53. The van der Waals surface area contributed by atoms with Crippen molar-refractivity contribution in [2.75, 3.05) is 12.4 Å². The summed E-state index contributed by atoms with van der Waals surface area (Å²) in [5.74, 6) is -0.355. The van der Waals surface area contributed by atoms with Gasteiger partial charge < -0.3 is 9.30 Å². The van der Waals surface area contributed by atoms with Crippen molar-refractivity contribution < 1.29 is 9.53 Å². The van der Waals surface area contributed by atoms with Crippen molar-refractivity contribution in [2.45, 2.75) is 18.6 Å². The second-order valence-electron chi connectivity index (χ2n) is 6.70. The first-order valence-corrected chi connectivity index (χ1v) is 12.3. The van der Waals surface area contributed by atoms with Crippen LogP contribution in [0.2, 0.25) is 5.02 Å². The fourth-order valence-corrected chi connectivity index (χ4v) is 5.39. The molecule has 2 aromatic carbocycles. The number of thiazole rings is 1. The monoisotopic (exact) mass is 503 g/mol. The zero-order valence-corrected chi connectivity index (χ0v) is 20.2. The van der Waals surface area contributed by atoms with Crippen molar-refractivity contribution >= 4 is 63.2 Å². The molecule has 0 aliphatic heterocycles. The van der Waals surface area contributed by atoms with E-state index in [0.717, 1.165) is 17.3 Å². The van der Waals surface area contributed by atoms with Crippen LogP contribution in [0.3, 0.4) is 0 Å². The predicted molar refractivity (Wildman–Crippen MR) is 132 cm³/mol. The molecule has 0 aliphatic carbocycles. The molecule has 0 saturated heterocycles. The molecule has 0 aliphatic rings. The second kappa shape index (κ2) is 9.99. The van der Waals surface area contributed by atoms with Gasteiger partial charge in [0.05, 0.1) is 24.6 Å². The molecule has 0 radical (unpaired) electrons. The standard InChI is InChI=1S/C22H18ClN3O3S3/c1-2-29-17(27)13-31-21-24-19-18(20(28)26(21)16-10-6-9-15(23)11-16)32-22(30)25(19)12-14-7-4-3-5-8-14/h3-11H,2,12-13H2,1H3. The number of ether oxygens (including phenoxy) is 1. The lowest BCUT2D eigenvalue weighted by molar-refractivity contribution is -0.139. The summed E-state index contributed by atoms with van der Waals surface area (Å²) in [4.78, 5) is 30.3. The number of halogens is 1. The van der Waals surface area contributed by atoms with Gasteiger partial charge in [0.1, 0.15) is 4.70 Å². The largest absolute Gasteiger partial charge is 0.465 e. The molecular weight excluding hydrogens is 486 g/mol. The highest BCUT2D eigenvalue weighted by atomic mass is 35.5. The van der Waals surface area contributed by atoms with Crippen LogP contribution in [0.5, 0.6) is 0 Å². The summed E-state index contributed by atoms with van der Waals surface area (Å²) in [5.41, 5.74) is 1.85. The van der Waals surface area contributed by atoms with E-state index in [1.807, 2.05) is 34.9 Å². The zero-order valence-electron chi connectivity index (χ0n) is 17.0.